The van der Waals surface area contributed by atoms with Gasteiger partial charge in [0.05, 0.1) is 5.69 Å². The van der Waals surface area contributed by atoms with Crippen molar-refractivity contribution in [3.05, 3.63) is 40.7 Å². The molecule has 0 aliphatic carbocycles. The molecule has 0 bridgehead atoms. The summed E-state index contributed by atoms with van der Waals surface area (Å²) in [6, 6.07) is 5.23. The van der Waals surface area contributed by atoms with Gasteiger partial charge in [-0.25, -0.2) is 13.1 Å². The molecule has 6 nitrogen and oxygen atoms in total. The number of rotatable bonds is 5. The van der Waals surface area contributed by atoms with Crippen LogP contribution in [0.4, 0.5) is 13.2 Å². The van der Waals surface area contributed by atoms with Gasteiger partial charge in [0.2, 0.25) is 10.0 Å². The average Bonchev–Trinajstić information content (AvgIpc) is 2.70. The highest BCUT2D eigenvalue weighted by atomic mass is 35.5. The number of halogens is 4. The molecule has 1 heterocycles. The third-order valence-corrected chi connectivity index (χ3v) is 5.12. The lowest BCUT2D eigenvalue weighted by Crippen LogP contribution is -2.25. The summed E-state index contributed by atoms with van der Waals surface area (Å²) in [4.78, 5) is -0.221. The van der Waals surface area contributed by atoms with Crippen molar-refractivity contribution >= 4 is 21.6 Å². The molecule has 24 heavy (non-hydrogen) atoms. The number of hydrogen-bond acceptors (Lipinski definition) is 4. The summed E-state index contributed by atoms with van der Waals surface area (Å²) >= 11 is 5.91. The molecular formula is C13H13ClF3N3O3S. The number of para-hydroxylation sites is 1. The molecule has 2 rings (SSSR count). The van der Waals surface area contributed by atoms with E-state index in [1.165, 1.54) is 36.9 Å². The molecule has 1 aromatic heterocycles. The number of nitrogens with zero attached hydrogens (tertiary/aromatic N) is 2. The molecular weight excluding hydrogens is 371 g/mol. The summed E-state index contributed by atoms with van der Waals surface area (Å²) in [6.45, 7) is 1.06. The minimum atomic E-state index is -4.88. The van der Waals surface area contributed by atoms with E-state index < -0.39 is 28.7 Å². The Morgan fingerprint density at radius 1 is 1.33 bits per heavy atom. The Labute approximate surface area is 141 Å². The molecule has 0 radical (unpaired) electrons. The molecule has 0 spiro atoms. The zero-order valence-corrected chi connectivity index (χ0v) is 14.1. The highest BCUT2D eigenvalue weighted by molar-refractivity contribution is 7.89. The first kappa shape index (κ1) is 18.6. The number of aryl methyl sites for hydroxylation is 2. The molecule has 132 valence electrons. The van der Waals surface area contributed by atoms with Gasteiger partial charge in [-0.15, -0.1) is 13.2 Å². The molecule has 1 N–H and O–H groups in total. The van der Waals surface area contributed by atoms with Gasteiger partial charge < -0.3 is 4.74 Å². The number of sulfonamides is 1. The average molecular weight is 384 g/mol. The van der Waals surface area contributed by atoms with E-state index in [0.29, 0.717) is 0 Å². The van der Waals surface area contributed by atoms with Crippen LogP contribution in [0.25, 0.3) is 0 Å². The van der Waals surface area contributed by atoms with Gasteiger partial charge in [-0.2, -0.15) is 5.10 Å². The predicted molar refractivity (Wildman–Crippen MR) is 80.1 cm³/mol. The lowest BCUT2D eigenvalue weighted by molar-refractivity contribution is -0.274. The second-order valence-corrected chi connectivity index (χ2v) is 6.87. The van der Waals surface area contributed by atoms with Crippen molar-refractivity contribution in [1.82, 2.24) is 14.5 Å². The van der Waals surface area contributed by atoms with Crippen molar-refractivity contribution in [3.8, 4) is 5.75 Å². The van der Waals surface area contributed by atoms with Crippen LogP contribution in [0.15, 0.2) is 29.2 Å². The van der Waals surface area contributed by atoms with E-state index in [2.05, 4.69) is 14.6 Å². The SMILES string of the molecule is Cc1nn(C)c(Cl)c1S(=O)(=O)NCc1ccccc1OC(F)(F)F. The van der Waals surface area contributed by atoms with E-state index in [4.69, 9.17) is 11.6 Å². The molecule has 0 aliphatic rings. The van der Waals surface area contributed by atoms with Gasteiger partial charge >= 0.3 is 6.36 Å². The van der Waals surface area contributed by atoms with Crippen molar-refractivity contribution < 1.29 is 26.3 Å². The van der Waals surface area contributed by atoms with Crippen LogP contribution in [0.5, 0.6) is 5.75 Å². The first-order chi connectivity index (χ1) is 11.0. The molecule has 0 aliphatic heterocycles. The fraction of sp³-hybridized carbons (Fsp3) is 0.308. The van der Waals surface area contributed by atoms with Crippen LogP contribution in [0, 0.1) is 6.92 Å². The van der Waals surface area contributed by atoms with Crippen LogP contribution in [0.2, 0.25) is 5.15 Å². The maximum absolute atomic E-state index is 12.4. The van der Waals surface area contributed by atoms with Gasteiger partial charge in [-0.1, -0.05) is 29.8 Å². The summed E-state index contributed by atoms with van der Waals surface area (Å²) in [6.07, 6.45) is -4.88. The van der Waals surface area contributed by atoms with Crippen molar-refractivity contribution in [2.24, 2.45) is 7.05 Å². The maximum atomic E-state index is 12.4. The molecule has 0 atom stereocenters. The topological polar surface area (TPSA) is 73.2 Å². The zero-order chi connectivity index (χ0) is 18.1. The highest BCUT2D eigenvalue weighted by Gasteiger charge is 2.32. The molecule has 0 saturated heterocycles. The molecule has 1 aromatic carbocycles. The van der Waals surface area contributed by atoms with E-state index in [0.717, 1.165) is 6.07 Å². The highest BCUT2D eigenvalue weighted by Crippen LogP contribution is 2.27. The summed E-state index contributed by atoms with van der Waals surface area (Å²) in [5, 5.41) is 3.79. The largest absolute Gasteiger partial charge is 0.573 e. The van der Waals surface area contributed by atoms with Crippen molar-refractivity contribution in [2.45, 2.75) is 24.7 Å². The Kier molecular flexibility index (Phi) is 5.11. The fourth-order valence-electron chi connectivity index (χ4n) is 2.03. The summed E-state index contributed by atoms with van der Waals surface area (Å²) in [5.74, 6) is -0.485. The minimum Gasteiger partial charge on any atom is -0.405 e. The first-order valence-electron chi connectivity index (χ1n) is 6.53. The monoisotopic (exact) mass is 383 g/mol. The molecule has 0 fully saturated rings. The summed E-state index contributed by atoms with van der Waals surface area (Å²) < 4.78 is 69.1. The minimum absolute atomic E-state index is 0.0241. The zero-order valence-electron chi connectivity index (χ0n) is 12.6. The Morgan fingerprint density at radius 2 is 1.96 bits per heavy atom. The number of benzene rings is 1. The quantitative estimate of drug-likeness (QED) is 0.861. The maximum Gasteiger partial charge on any atom is 0.573 e. The van der Waals surface area contributed by atoms with Crippen molar-refractivity contribution in [1.29, 1.82) is 0 Å². The molecule has 0 amide bonds. The van der Waals surface area contributed by atoms with Crippen LogP contribution in [0.3, 0.4) is 0 Å². The fourth-order valence-corrected chi connectivity index (χ4v) is 3.79. The molecule has 0 unspecified atom stereocenters. The lowest BCUT2D eigenvalue weighted by atomic mass is 10.2. The molecule has 11 heteroatoms. The van der Waals surface area contributed by atoms with Gasteiger partial charge in [0.15, 0.2) is 0 Å². The third kappa shape index (κ3) is 4.19. The van der Waals surface area contributed by atoms with Gasteiger partial charge in [0.25, 0.3) is 0 Å². The van der Waals surface area contributed by atoms with E-state index >= 15 is 0 Å². The summed E-state index contributed by atoms with van der Waals surface area (Å²) in [5.41, 5.74) is 0.200. The number of alkyl halides is 3. The van der Waals surface area contributed by atoms with Crippen LogP contribution < -0.4 is 9.46 Å². The van der Waals surface area contributed by atoms with Crippen LogP contribution >= 0.6 is 11.6 Å². The Balaban J connectivity index is 2.25. The number of ether oxygens (including phenoxy) is 1. The molecule has 2 aromatic rings. The third-order valence-electron chi connectivity index (χ3n) is 3.02. The first-order valence-corrected chi connectivity index (χ1v) is 8.40. The van der Waals surface area contributed by atoms with Crippen LogP contribution in [-0.4, -0.2) is 24.6 Å². The second kappa shape index (κ2) is 6.61. The van der Waals surface area contributed by atoms with Gasteiger partial charge in [-0.3, -0.25) is 4.68 Å². The standard InChI is InChI=1S/C13H13ClF3N3O3S/c1-8-11(12(14)20(2)19-8)24(21,22)18-7-9-5-3-4-6-10(9)23-13(15,16)17/h3-6,18H,7H2,1-2H3. The van der Waals surface area contributed by atoms with E-state index in [1.54, 1.807) is 0 Å². The van der Waals surface area contributed by atoms with Crippen molar-refractivity contribution in [2.75, 3.05) is 0 Å². The van der Waals surface area contributed by atoms with Crippen LogP contribution in [0.1, 0.15) is 11.3 Å². The number of hydrogen-bond donors (Lipinski definition) is 1. The van der Waals surface area contributed by atoms with Gasteiger partial charge in [0.1, 0.15) is 15.8 Å². The van der Waals surface area contributed by atoms with E-state index in [-0.39, 0.29) is 21.3 Å². The predicted octanol–water partition coefficient (Wildman–Crippen LogP) is 2.76. The number of aromatic nitrogens is 2. The number of nitrogens with one attached hydrogen (secondary N) is 1. The summed E-state index contributed by atoms with van der Waals surface area (Å²) in [7, 11) is -2.59. The van der Waals surface area contributed by atoms with E-state index in [1.807, 2.05) is 0 Å². The molecule has 0 saturated carbocycles. The van der Waals surface area contributed by atoms with Gasteiger partial charge in [-0.05, 0) is 13.0 Å². The Hall–Kier alpha value is -1.78. The van der Waals surface area contributed by atoms with E-state index in [9.17, 15) is 21.6 Å². The smallest absolute Gasteiger partial charge is 0.405 e. The van der Waals surface area contributed by atoms with Crippen molar-refractivity contribution in [3.63, 3.8) is 0 Å². The normalized spacial score (nSPS) is 12.4. The lowest BCUT2D eigenvalue weighted by Gasteiger charge is -2.13. The Morgan fingerprint density at radius 3 is 2.50 bits per heavy atom. The van der Waals surface area contributed by atoms with Crippen LogP contribution in [-0.2, 0) is 23.6 Å². The second-order valence-electron chi connectivity index (χ2n) is 4.81. The Bertz CT molecular complexity index is 850. The van der Waals surface area contributed by atoms with Gasteiger partial charge in [0, 0.05) is 19.2 Å².